The van der Waals surface area contributed by atoms with Crippen LogP contribution in [-0.2, 0) is 64.8 Å². The summed E-state index contributed by atoms with van der Waals surface area (Å²) in [6, 6.07) is 49.1. The molecule has 0 saturated carbocycles. The van der Waals surface area contributed by atoms with Crippen LogP contribution in [0.1, 0.15) is 136 Å². The van der Waals surface area contributed by atoms with Gasteiger partial charge < -0.3 is 71.2 Å². The molecule has 7 aromatic carbocycles. The van der Waals surface area contributed by atoms with Crippen molar-refractivity contribution in [1.82, 2.24) is 43.3 Å². The predicted octanol–water partition coefficient (Wildman–Crippen LogP) is 19.7. The number of nitrogens with one attached hydrogen (secondary N) is 2. The second-order valence-corrected chi connectivity index (χ2v) is 31.7. The number of carboxylic acids is 1. The van der Waals surface area contributed by atoms with Crippen molar-refractivity contribution in [2.24, 2.45) is 0 Å². The number of aromatic carboxylic acids is 1. The summed E-state index contributed by atoms with van der Waals surface area (Å²) < 4.78 is 132. The lowest BCUT2D eigenvalue weighted by Crippen LogP contribution is -2.31. The summed E-state index contributed by atoms with van der Waals surface area (Å²) in [5.41, 5.74) is 13.5. The first kappa shape index (κ1) is 94.5. The molecule has 3 N–H and O–H groups in total. The zero-order valence-corrected chi connectivity index (χ0v) is 70.6. The summed E-state index contributed by atoms with van der Waals surface area (Å²) in [6.07, 6.45) is 14.4. The zero-order chi connectivity index (χ0) is 88.0. The molecule has 19 rings (SSSR count). The van der Waals surface area contributed by atoms with E-state index in [4.69, 9.17) is 47.4 Å². The fraction of sp³-hybridized carbons (Fsp3) is 0.260. The topological polar surface area (TPSA) is 309 Å². The van der Waals surface area contributed by atoms with Crippen LogP contribution in [0.15, 0.2) is 195 Å². The minimum Gasteiger partial charge on any atom is -0.493 e. The second-order valence-electron chi connectivity index (χ2n) is 29.9. The summed E-state index contributed by atoms with van der Waals surface area (Å²) in [7, 11) is 4.86. The molecule has 0 radical (unpaired) electrons. The van der Waals surface area contributed by atoms with Gasteiger partial charge in [-0.25, -0.2) is 60.6 Å². The van der Waals surface area contributed by atoms with Crippen molar-refractivity contribution in [1.29, 1.82) is 0 Å². The highest BCUT2D eigenvalue weighted by Gasteiger charge is 2.37. The molecule has 26 nitrogen and oxygen atoms in total. The first-order valence-electron chi connectivity index (χ1n) is 40.6. The van der Waals surface area contributed by atoms with Crippen LogP contribution in [0.2, 0.25) is 0 Å². The molecule has 0 saturated heterocycles. The Morgan fingerprint density at radius 2 is 0.723 bits per heavy atom. The number of aromatic nitrogens is 8. The number of aromatic amines is 1. The van der Waals surface area contributed by atoms with Crippen LogP contribution in [0.5, 0.6) is 46.5 Å². The number of carbonyl (C=O) groups is 4. The summed E-state index contributed by atoms with van der Waals surface area (Å²) in [6.45, 7) is 2.49. The van der Waals surface area contributed by atoms with Crippen LogP contribution in [0.3, 0.4) is 0 Å². The molecular weight excluding hydrogens is 1690 g/mol. The zero-order valence-electron chi connectivity index (χ0n) is 69.7. The molecule has 0 unspecified atom stereocenters. The van der Waals surface area contributed by atoms with E-state index in [1.807, 2.05) is 66.7 Å². The maximum Gasteiger partial charge on any atom is 0.355 e. The number of esters is 2. The van der Waals surface area contributed by atoms with Gasteiger partial charge in [0.2, 0.25) is 33.5 Å². The van der Waals surface area contributed by atoms with E-state index in [-0.39, 0.29) is 78.2 Å². The smallest absolute Gasteiger partial charge is 0.355 e. The SMILES string of the molecule is C.C.C.C.COC(=O)c1[nH]c2ccc3c(c2c1-c1cccnc1OC)OCCC3.COC(=O)c1c(-c2cccnc2OC)c2c3c(ccc2n1Cc1ccccc1F)CCCO3.COc1ncccc1-c1c(C(=O)NS(C)(=O)=O)n(Cc2ccccc2F)c2ccc3c(c12)OCCC3.COc1ncccc1-c1c(C(=O)O)n(Cc2ccccc2F)c2ccc3c(c12)OCCC3. The Morgan fingerprint density at radius 3 is 1.06 bits per heavy atom. The molecule has 0 spiro atoms. The number of carbonyl (C=O) groups excluding carboxylic acids is 3. The quantitative estimate of drug-likeness (QED) is 0.0633. The second kappa shape index (κ2) is 41.0. The number of halogens is 3. The molecule has 30 heteroatoms. The molecule has 1 amide bonds. The normalized spacial score (nSPS) is 12.6. The number of pyridine rings is 4. The Bertz CT molecular complexity index is 6880. The number of aryl methyl sites for hydroxylation is 4. The van der Waals surface area contributed by atoms with Crippen LogP contribution in [0, 0.1) is 17.5 Å². The Balaban J connectivity index is 0.000000156. The average Bonchev–Trinajstić information content (AvgIpc) is 1.58. The van der Waals surface area contributed by atoms with Gasteiger partial charge >= 0.3 is 17.9 Å². The van der Waals surface area contributed by atoms with Gasteiger partial charge in [0.05, 0.1) is 139 Å². The van der Waals surface area contributed by atoms with Crippen molar-refractivity contribution in [2.45, 2.75) is 101 Å². The van der Waals surface area contributed by atoms with Crippen molar-refractivity contribution >= 4 is 77.5 Å². The number of carboxylic acid groups (broad SMARTS) is 1. The van der Waals surface area contributed by atoms with Crippen LogP contribution < -0.4 is 42.6 Å². The molecule has 0 fully saturated rings. The van der Waals surface area contributed by atoms with Crippen molar-refractivity contribution in [3.8, 4) is 91.0 Å². The highest BCUT2D eigenvalue weighted by Crippen LogP contribution is 2.51. The Hall–Kier alpha value is -14.7. The number of fused-ring (bicyclic) bond motifs is 12. The van der Waals surface area contributed by atoms with Gasteiger partial charge in [-0.3, -0.25) is 4.79 Å². The van der Waals surface area contributed by atoms with Crippen molar-refractivity contribution in [3.63, 3.8) is 0 Å². The molecule has 8 aromatic heterocycles. The fourth-order valence-electron chi connectivity index (χ4n) is 17.0. The average molecular weight is 1790 g/mol. The van der Waals surface area contributed by atoms with E-state index in [2.05, 4.69) is 29.6 Å². The number of rotatable bonds is 19. The third-order valence-electron chi connectivity index (χ3n) is 22.4. The Labute approximate surface area is 750 Å². The molecule has 130 heavy (non-hydrogen) atoms. The lowest BCUT2D eigenvalue weighted by molar-refractivity contribution is 0.0584. The van der Waals surface area contributed by atoms with E-state index in [0.29, 0.717) is 144 Å². The molecule has 0 aliphatic carbocycles. The van der Waals surface area contributed by atoms with Crippen molar-refractivity contribution < 1.29 is 93.2 Å². The molecule has 12 heterocycles. The highest BCUT2D eigenvalue weighted by atomic mass is 32.2. The van der Waals surface area contributed by atoms with Gasteiger partial charge in [-0.05, 0) is 165 Å². The van der Waals surface area contributed by atoms with E-state index in [0.717, 1.165) is 119 Å². The van der Waals surface area contributed by atoms with E-state index >= 15 is 0 Å². The third-order valence-corrected chi connectivity index (χ3v) is 23.0. The van der Waals surface area contributed by atoms with Gasteiger partial charge in [0.1, 0.15) is 63.2 Å². The number of ether oxygens (including phenoxy) is 10. The Morgan fingerprint density at radius 1 is 0.408 bits per heavy atom. The molecule has 15 aromatic rings. The molecule has 4 aliphatic heterocycles. The molecular formula is C100H102F3N9O17S. The molecule has 0 atom stereocenters. The minimum atomic E-state index is -3.90. The van der Waals surface area contributed by atoms with E-state index in [9.17, 15) is 45.9 Å². The number of hydrogen-bond donors (Lipinski definition) is 3. The van der Waals surface area contributed by atoms with Gasteiger partial charge in [0, 0.05) is 86.0 Å². The van der Waals surface area contributed by atoms with E-state index in [1.54, 1.807) is 131 Å². The number of nitrogens with zero attached hydrogens (tertiary/aromatic N) is 7. The largest absolute Gasteiger partial charge is 0.493 e. The predicted molar refractivity (Wildman–Crippen MR) is 494 cm³/mol. The summed E-state index contributed by atoms with van der Waals surface area (Å²) in [4.78, 5) is 72.1. The number of methoxy groups -OCH3 is 6. The summed E-state index contributed by atoms with van der Waals surface area (Å²) in [5, 5.41) is 13.2. The van der Waals surface area contributed by atoms with E-state index < -0.39 is 39.7 Å². The minimum absolute atomic E-state index is 0. The molecule has 0 bridgehead atoms. The number of benzene rings is 7. The van der Waals surface area contributed by atoms with Gasteiger partial charge in [-0.1, -0.05) is 109 Å². The van der Waals surface area contributed by atoms with Crippen molar-refractivity contribution in [2.75, 3.05) is 75.3 Å². The first-order valence-corrected chi connectivity index (χ1v) is 42.5. The van der Waals surface area contributed by atoms with Gasteiger partial charge in [0.15, 0.2) is 0 Å². The van der Waals surface area contributed by atoms with Crippen LogP contribution >= 0.6 is 0 Å². The number of amides is 1. The van der Waals surface area contributed by atoms with Crippen LogP contribution in [0.4, 0.5) is 13.2 Å². The first-order chi connectivity index (χ1) is 61.3. The number of H-pyrrole nitrogens is 1. The highest BCUT2D eigenvalue weighted by molar-refractivity contribution is 7.89. The lowest BCUT2D eigenvalue weighted by Gasteiger charge is -2.19. The van der Waals surface area contributed by atoms with Crippen molar-refractivity contribution in [3.05, 3.63) is 274 Å². The van der Waals surface area contributed by atoms with Crippen LogP contribution in [-0.4, -0.2) is 151 Å². The maximum absolute atomic E-state index is 14.7. The monoisotopic (exact) mass is 1790 g/mol. The third kappa shape index (κ3) is 18.3. The maximum atomic E-state index is 14.7. The number of hydrogen-bond acceptors (Lipinski definition) is 20. The van der Waals surface area contributed by atoms with Gasteiger partial charge in [0.25, 0.3) is 5.91 Å². The Kier molecular flexibility index (Phi) is 29.8. The fourth-order valence-corrected chi connectivity index (χ4v) is 17.4. The summed E-state index contributed by atoms with van der Waals surface area (Å²) in [5.74, 6) is 0.0977. The van der Waals surface area contributed by atoms with Gasteiger partial charge in [-0.2, -0.15) is 0 Å². The van der Waals surface area contributed by atoms with Gasteiger partial charge in [-0.15, -0.1) is 0 Å². The van der Waals surface area contributed by atoms with Crippen LogP contribution in [0.25, 0.3) is 88.1 Å². The standard InChI is InChI=1S/C26H24FN3O5S.C26H23FN2O4.C25H21FN2O4.C19H18N2O4.4CH4/c1-34-26-18(9-5-13-28-26)21-22-20(12-11-16-8-6-14-35-24(16)22)30(15-17-7-3-4-10-19(17)27)23(21)25(31)29-36(2,32)33;1-31-25-18(9-5-13-28-25)21-22-20(12-11-16-8-6-14-33-24(16)22)29(23(21)26(30)32-2)15-17-7-3-4-10-19(17)27;1-31-24-17(8-4-12-27-24)20-21-19(11-10-15-7-5-13-32-23(15)21)28(22(20)25(29)30)14-16-6-2-3-9-18(16)26;1-23-18-12(6-3-9-20-18)14-15-13(21-16(14)19(22)24-2)8-7-11-5-4-10-25-17(11)15;;;;/h3-5,7,9-13H,6,8,14-15H2,1-2H3,(H,29,31);3-5,7,9-13H,6,8,14-15H2,1-2H3;2-4,6,8-12H,5,7,13-14H2,1H3,(H,29,30);3,6-9,21H,4-5,10H2,1-2H3;4*1H4. The lowest BCUT2D eigenvalue weighted by atomic mass is 9.97. The molecule has 676 valence electrons. The number of sulfonamides is 1. The van der Waals surface area contributed by atoms with E-state index in [1.165, 1.54) is 53.7 Å². The molecule has 4 aliphatic rings. The summed E-state index contributed by atoms with van der Waals surface area (Å²) >= 11 is 0.